The van der Waals surface area contributed by atoms with E-state index in [-0.39, 0.29) is 5.39 Å². The Morgan fingerprint density at radius 3 is 2.29 bits per heavy atom. The lowest BCUT2D eigenvalue weighted by molar-refractivity contribution is -0.275. The highest BCUT2D eigenvalue weighted by Crippen LogP contribution is 2.36. The maximum atomic E-state index is 13.6. The van der Waals surface area contributed by atoms with Crippen molar-refractivity contribution >= 4 is 16.5 Å². The summed E-state index contributed by atoms with van der Waals surface area (Å²) in [6.07, 6.45) is -4.53. The predicted octanol–water partition coefficient (Wildman–Crippen LogP) is 5.05. The van der Waals surface area contributed by atoms with E-state index in [9.17, 15) is 17.6 Å². The fourth-order valence-electron chi connectivity index (χ4n) is 2.01. The van der Waals surface area contributed by atoms with Gasteiger partial charge in [-0.05, 0) is 35.6 Å². The Kier molecular flexibility index (Phi) is 5.41. The van der Waals surface area contributed by atoms with Crippen molar-refractivity contribution in [2.24, 2.45) is 0 Å². The van der Waals surface area contributed by atoms with E-state index < -0.39 is 17.9 Å². The Morgan fingerprint density at radius 1 is 1.14 bits per heavy atom. The molecule has 2 aromatic rings. The highest BCUT2D eigenvalue weighted by atomic mass is 19.4. The van der Waals surface area contributed by atoms with Crippen LogP contribution in [0, 0.1) is 5.82 Å². The Hall–Kier alpha value is -1.98. The number of rotatable bonds is 2. The smallest absolute Gasteiger partial charge is 0.402 e. The second-order valence-corrected chi connectivity index (χ2v) is 4.06. The number of hydrogen-bond acceptors (Lipinski definition) is 2. The van der Waals surface area contributed by atoms with Crippen LogP contribution in [0.4, 0.5) is 23.2 Å². The van der Waals surface area contributed by atoms with E-state index in [0.717, 1.165) is 6.07 Å². The number of benzene rings is 2. The van der Waals surface area contributed by atoms with Gasteiger partial charge < -0.3 is 10.5 Å². The zero-order valence-electron chi connectivity index (χ0n) is 12.0. The first-order chi connectivity index (χ1) is 9.81. The predicted molar refractivity (Wildman–Crippen MR) is 75.7 cm³/mol. The van der Waals surface area contributed by atoms with Crippen molar-refractivity contribution in [1.82, 2.24) is 0 Å². The Morgan fingerprint density at radius 2 is 1.76 bits per heavy atom. The quantitative estimate of drug-likeness (QED) is 0.622. The molecule has 0 amide bonds. The molecule has 0 heterocycles. The van der Waals surface area contributed by atoms with Crippen molar-refractivity contribution in [3.05, 3.63) is 35.6 Å². The lowest BCUT2D eigenvalue weighted by atomic mass is 10.0. The van der Waals surface area contributed by atoms with Crippen LogP contribution in [0.5, 0.6) is 5.75 Å². The molecule has 0 aliphatic carbocycles. The minimum absolute atomic E-state index is 0.106. The average molecular weight is 303 g/mol. The first-order valence-corrected chi connectivity index (χ1v) is 6.58. The number of ether oxygens (including phenoxy) is 1. The van der Waals surface area contributed by atoms with Crippen LogP contribution < -0.4 is 10.5 Å². The van der Waals surface area contributed by atoms with E-state index in [1.165, 1.54) is 18.2 Å². The van der Waals surface area contributed by atoms with Gasteiger partial charge in [-0.15, -0.1) is 13.2 Å². The van der Waals surface area contributed by atoms with Crippen LogP contribution in [-0.2, 0) is 6.42 Å². The number of halogens is 4. The zero-order chi connectivity index (χ0) is 16.2. The van der Waals surface area contributed by atoms with Crippen molar-refractivity contribution in [2.45, 2.75) is 33.6 Å². The first-order valence-electron chi connectivity index (χ1n) is 6.58. The first kappa shape index (κ1) is 17.1. The molecule has 2 aromatic carbocycles. The second-order valence-electron chi connectivity index (χ2n) is 4.06. The largest absolute Gasteiger partial charge is 0.573 e. The lowest BCUT2D eigenvalue weighted by Crippen LogP contribution is -2.18. The summed E-state index contributed by atoms with van der Waals surface area (Å²) in [4.78, 5) is 0. The normalized spacial score (nSPS) is 11.0. The second kappa shape index (κ2) is 6.65. The van der Waals surface area contributed by atoms with Gasteiger partial charge in [0.25, 0.3) is 0 Å². The van der Waals surface area contributed by atoms with Gasteiger partial charge in [0.2, 0.25) is 0 Å². The number of anilines is 1. The summed E-state index contributed by atoms with van der Waals surface area (Å²) >= 11 is 0. The highest BCUT2D eigenvalue weighted by Gasteiger charge is 2.33. The van der Waals surface area contributed by atoms with Crippen LogP contribution in [0.25, 0.3) is 10.8 Å². The molecule has 0 unspecified atom stereocenters. The van der Waals surface area contributed by atoms with Gasteiger partial charge in [-0.3, -0.25) is 0 Å². The van der Waals surface area contributed by atoms with Crippen molar-refractivity contribution in [3.8, 4) is 5.75 Å². The molecule has 2 rings (SSSR count). The van der Waals surface area contributed by atoms with Gasteiger partial charge in [-0.2, -0.15) is 0 Å². The van der Waals surface area contributed by atoms with Crippen molar-refractivity contribution < 1.29 is 22.3 Å². The minimum Gasteiger partial charge on any atom is -0.402 e. The molecule has 0 spiro atoms. The van der Waals surface area contributed by atoms with E-state index in [2.05, 4.69) is 4.74 Å². The van der Waals surface area contributed by atoms with E-state index in [0.29, 0.717) is 23.1 Å². The van der Waals surface area contributed by atoms with Crippen molar-refractivity contribution in [2.75, 3.05) is 5.73 Å². The molecule has 0 aliphatic rings. The van der Waals surface area contributed by atoms with Crippen LogP contribution in [0.15, 0.2) is 24.3 Å². The molecular weight excluding hydrogens is 286 g/mol. The molecule has 2 N–H and O–H groups in total. The average Bonchev–Trinajstić information content (AvgIpc) is 2.42. The van der Waals surface area contributed by atoms with E-state index >= 15 is 0 Å². The van der Waals surface area contributed by atoms with Crippen LogP contribution in [0.3, 0.4) is 0 Å². The molecule has 0 aliphatic heterocycles. The fourth-order valence-corrected chi connectivity index (χ4v) is 2.01. The Balaban J connectivity index is 0.00000106. The topological polar surface area (TPSA) is 35.2 Å². The van der Waals surface area contributed by atoms with Gasteiger partial charge in [-0.1, -0.05) is 26.8 Å². The number of hydrogen-bond donors (Lipinski definition) is 1. The number of nitrogens with two attached hydrogens (primary N) is 1. The van der Waals surface area contributed by atoms with Gasteiger partial charge >= 0.3 is 6.36 Å². The number of fused-ring (bicyclic) bond motifs is 1. The van der Waals surface area contributed by atoms with Crippen LogP contribution in [0.1, 0.15) is 26.3 Å². The highest BCUT2D eigenvalue weighted by molar-refractivity contribution is 5.93. The van der Waals surface area contributed by atoms with E-state index in [1.807, 2.05) is 13.8 Å². The molecule has 21 heavy (non-hydrogen) atoms. The molecule has 0 fully saturated rings. The van der Waals surface area contributed by atoms with Gasteiger partial charge in [-0.25, -0.2) is 4.39 Å². The Labute approximate surface area is 120 Å². The molecule has 0 aromatic heterocycles. The molecule has 6 heteroatoms. The molecule has 0 atom stereocenters. The fraction of sp³-hybridized carbons (Fsp3) is 0.333. The van der Waals surface area contributed by atoms with Crippen LogP contribution >= 0.6 is 0 Å². The summed E-state index contributed by atoms with van der Waals surface area (Å²) in [5.41, 5.74) is 6.58. The number of nitrogen functional groups attached to an aromatic ring is 1. The van der Waals surface area contributed by atoms with Crippen LogP contribution in [-0.4, -0.2) is 6.36 Å². The molecular formula is C15H17F4NO. The third kappa shape index (κ3) is 4.00. The summed E-state index contributed by atoms with van der Waals surface area (Å²) in [5.74, 6) is -1.86. The van der Waals surface area contributed by atoms with Gasteiger partial charge in [0.05, 0.1) is 0 Å². The van der Waals surface area contributed by atoms with Crippen LogP contribution in [0.2, 0.25) is 0 Å². The summed E-state index contributed by atoms with van der Waals surface area (Å²) in [5, 5.41) is 0.520. The molecule has 0 radical (unpaired) electrons. The summed E-state index contributed by atoms with van der Waals surface area (Å²) in [7, 11) is 0. The third-order valence-electron chi connectivity index (χ3n) is 2.72. The summed E-state index contributed by atoms with van der Waals surface area (Å²) < 4.78 is 54.5. The van der Waals surface area contributed by atoms with Crippen molar-refractivity contribution in [3.63, 3.8) is 0 Å². The molecule has 2 nitrogen and oxygen atoms in total. The van der Waals surface area contributed by atoms with E-state index in [4.69, 9.17) is 5.73 Å². The molecule has 0 saturated carbocycles. The molecule has 0 bridgehead atoms. The molecule has 116 valence electrons. The number of aryl methyl sites for hydroxylation is 1. The maximum Gasteiger partial charge on any atom is 0.573 e. The standard InChI is InChI=1S/C13H11F4NO.C2H6/c1-2-7-5-9(18)6-8-3-4-10(14)12(11(7)8)19-13(15,16)17;1-2/h3-6H,2,18H2,1H3;1-2H3. The SMILES string of the molecule is CC.CCc1cc(N)cc2ccc(F)c(OC(F)(F)F)c12. The summed E-state index contributed by atoms with van der Waals surface area (Å²) in [6.45, 7) is 5.75. The maximum absolute atomic E-state index is 13.6. The Bertz CT molecular complexity index is 623. The minimum atomic E-state index is -4.94. The summed E-state index contributed by atoms with van der Waals surface area (Å²) in [6, 6.07) is 5.31. The lowest BCUT2D eigenvalue weighted by Gasteiger charge is -2.15. The van der Waals surface area contributed by atoms with E-state index in [1.54, 1.807) is 6.92 Å². The van der Waals surface area contributed by atoms with Gasteiger partial charge in [0, 0.05) is 11.1 Å². The number of alkyl halides is 3. The molecule has 0 saturated heterocycles. The van der Waals surface area contributed by atoms with Crippen molar-refractivity contribution in [1.29, 1.82) is 0 Å². The monoisotopic (exact) mass is 303 g/mol. The van der Waals surface area contributed by atoms with Gasteiger partial charge in [0.1, 0.15) is 0 Å². The third-order valence-corrected chi connectivity index (χ3v) is 2.72. The zero-order valence-corrected chi connectivity index (χ0v) is 12.0. The van der Waals surface area contributed by atoms with Gasteiger partial charge in [0.15, 0.2) is 11.6 Å².